The lowest BCUT2D eigenvalue weighted by atomic mass is 10.1. The zero-order chi connectivity index (χ0) is 11.1. The normalized spacial score (nSPS) is 9.13. The third-order valence-electron chi connectivity index (χ3n) is 1.90. The molecule has 0 aliphatic heterocycles. The van der Waals surface area contributed by atoms with Gasteiger partial charge in [-0.3, -0.25) is 4.79 Å². The van der Waals surface area contributed by atoms with Crippen molar-refractivity contribution in [1.29, 1.82) is 0 Å². The average molecular weight is 204 g/mol. The van der Waals surface area contributed by atoms with Gasteiger partial charge >= 0.3 is 0 Å². The van der Waals surface area contributed by atoms with E-state index in [4.69, 9.17) is 5.53 Å². The second-order valence-corrected chi connectivity index (χ2v) is 2.99. The number of benzene rings is 1. The van der Waals surface area contributed by atoms with Crippen LogP contribution in [0.15, 0.2) is 29.4 Å². The van der Waals surface area contributed by atoms with Crippen LogP contribution in [0.5, 0.6) is 0 Å². The van der Waals surface area contributed by atoms with Crippen LogP contribution in [0.4, 0.5) is 5.69 Å². The van der Waals surface area contributed by atoms with E-state index in [-0.39, 0.29) is 12.5 Å². The summed E-state index contributed by atoms with van der Waals surface area (Å²) in [5.74, 6) is -0.305. The van der Waals surface area contributed by atoms with E-state index in [0.29, 0.717) is 0 Å². The van der Waals surface area contributed by atoms with Gasteiger partial charge in [0.25, 0.3) is 0 Å². The minimum atomic E-state index is -0.305. The Morgan fingerprint density at radius 1 is 1.60 bits per heavy atom. The third kappa shape index (κ3) is 3.70. The Morgan fingerprint density at radius 3 is 3.07 bits per heavy atom. The van der Waals surface area contributed by atoms with Crippen molar-refractivity contribution in [1.82, 2.24) is 0 Å². The second-order valence-electron chi connectivity index (χ2n) is 2.99. The maximum absolute atomic E-state index is 11.2. The number of azide groups is 1. The fourth-order valence-electron chi connectivity index (χ4n) is 1.17. The molecule has 0 atom stereocenters. The van der Waals surface area contributed by atoms with E-state index in [1.807, 2.05) is 25.1 Å². The number of anilines is 1. The molecule has 1 aromatic rings. The SMILES string of the molecule is CCc1cccc(NC(=O)CN=[N+]=[N-])c1. The summed E-state index contributed by atoms with van der Waals surface area (Å²) in [5.41, 5.74) is 9.92. The standard InChI is InChI=1S/C10H12N4O/c1-2-8-4-3-5-9(6-8)13-10(15)7-12-14-11/h3-6H,2,7H2,1H3,(H,13,15). The Labute approximate surface area is 87.7 Å². The van der Waals surface area contributed by atoms with E-state index in [0.717, 1.165) is 17.7 Å². The van der Waals surface area contributed by atoms with Crippen LogP contribution in [-0.2, 0) is 11.2 Å². The lowest BCUT2D eigenvalue weighted by Gasteiger charge is -2.04. The van der Waals surface area contributed by atoms with E-state index < -0.39 is 0 Å². The van der Waals surface area contributed by atoms with Gasteiger partial charge in [0.05, 0.1) is 0 Å². The highest BCUT2D eigenvalue weighted by Gasteiger charge is 2.00. The number of hydrogen-bond acceptors (Lipinski definition) is 2. The molecule has 0 aliphatic carbocycles. The molecule has 0 fully saturated rings. The predicted molar refractivity (Wildman–Crippen MR) is 58.5 cm³/mol. The minimum absolute atomic E-state index is 0.174. The summed E-state index contributed by atoms with van der Waals surface area (Å²) in [5, 5.41) is 5.83. The Balaban J connectivity index is 2.63. The van der Waals surface area contributed by atoms with Gasteiger partial charge in [-0.05, 0) is 29.6 Å². The van der Waals surface area contributed by atoms with Crippen LogP contribution in [0.1, 0.15) is 12.5 Å². The first-order chi connectivity index (χ1) is 7.26. The number of hydrogen-bond donors (Lipinski definition) is 1. The van der Waals surface area contributed by atoms with Crippen LogP contribution in [0.2, 0.25) is 0 Å². The third-order valence-corrected chi connectivity index (χ3v) is 1.90. The summed E-state index contributed by atoms with van der Waals surface area (Å²) in [6, 6.07) is 7.56. The first kappa shape index (κ1) is 11.1. The first-order valence-electron chi connectivity index (χ1n) is 4.66. The summed E-state index contributed by atoms with van der Waals surface area (Å²) in [6.45, 7) is 1.87. The summed E-state index contributed by atoms with van der Waals surface area (Å²) in [7, 11) is 0. The van der Waals surface area contributed by atoms with Crippen molar-refractivity contribution in [2.24, 2.45) is 5.11 Å². The van der Waals surface area contributed by atoms with E-state index in [9.17, 15) is 4.79 Å². The fraction of sp³-hybridized carbons (Fsp3) is 0.300. The van der Waals surface area contributed by atoms with Crippen LogP contribution < -0.4 is 5.32 Å². The van der Waals surface area contributed by atoms with Gasteiger partial charge in [0.2, 0.25) is 5.91 Å². The number of carbonyl (C=O) groups excluding carboxylic acids is 1. The Kier molecular flexibility index (Phi) is 4.19. The maximum atomic E-state index is 11.2. The molecule has 5 heteroatoms. The second kappa shape index (κ2) is 5.67. The molecule has 1 aromatic carbocycles. The topological polar surface area (TPSA) is 77.9 Å². The van der Waals surface area contributed by atoms with Crippen molar-refractivity contribution in [3.8, 4) is 0 Å². The Bertz CT molecular complexity index is 396. The van der Waals surface area contributed by atoms with Crippen LogP contribution in [0, 0.1) is 0 Å². The van der Waals surface area contributed by atoms with Crippen molar-refractivity contribution in [2.75, 3.05) is 11.9 Å². The number of nitrogens with one attached hydrogen (secondary N) is 1. The van der Waals surface area contributed by atoms with E-state index in [2.05, 4.69) is 15.3 Å². The van der Waals surface area contributed by atoms with Crippen LogP contribution >= 0.6 is 0 Å². The predicted octanol–water partition coefficient (Wildman–Crippen LogP) is 2.50. The number of rotatable bonds is 4. The quantitative estimate of drug-likeness (QED) is 0.456. The lowest BCUT2D eigenvalue weighted by molar-refractivity contribution is -0.114. The fourth-order valence-corrected chi connectivity index (χ4v) is 1.17. The number of nitrogens with zero attached hydrogens (tertiary/aromatic N) is 3. The number of aryl methyl sites for hydroxylation is 1. The van der Waals surface area contributed by atoms with Gasteiger partial charge < -0.3 is 5.32 Å². The lowest BCUT2D eigenvalue weighted by Crippen LogP contribution is -2.14. The molecule has 0 spiro atoms. The molecule has 0 radical (unpaired) electrons. The highest BCUT2D eigenvalue weighted by atomic mass is 16.1. The van der Waals surface area contributed by atoms with Crippen molar-refractivity contribution < 1.29 is 4.79 Å². The molecule has 5 nitrogen and oxygen atoms in total. The first-order valence-corrected chi connectivity index (χ1v) is 4.66. The molecule has 15 heavy (non-hydrogen) atoms. The molecular formula is C10H12N4O. The van der Waals surface area contributed by atoms with Gasteiger partial charge in [-0.25, -0.2) is 0 Å². The molecule has 0 heterocycles. The summed E-state index contributed by atoms with van der Waals surface area (Å²) in [6.07, 6.45) is 0.917. The van der Waals surface area contributed by atoms with Gasteiger partial charge in [0.1, 0.15) is 6.54 Å². The van der Waals surface area contributed by atoms with Gasteiger partial charge in [0.15, 0.2) is 0 Å². The summed E-state index contributed by atoms with van der Waals surface area (Å²) in [4.78, 5) is 13.7. The average Bonchev–Trinajstić information content (AvgIpc) is 2.26. The van der Waals surface area contributed by atoms with Gasteiger partial charge in [0, 0.05) is 10.6 Å². The van der Waals surface area contributed by atoms with Crippen molar-refractivity contribution in [3.05, 3.63) is 40.3 Å². The van der Waals surface area contributed by atoms with Crippen LogP contribution in [0.3, 0.4) is 0 Å². The van der Waals surface area contributed by atoms with E-state index in [1.165, 1.54) is 0 Å². The zero-order valence-electron chi connectivity index (χ0n) is 8.47. The summed E-state index contributed by atoms with van der Waals surface area (Å²) < 4.78 is 0. The van der Waals surface area contributed by atoms with E-state index >= 15 is 0 Å². The largest absolute Gasteiger partial charge is 0.326 e. The van der Waals surface area contributed by atoms with Crippen molar-refractivity contribution >= 4 is 11.6 Å². The van der Waals surface area contributed by atoms with Gasteiger partial charge in [-0.1, -0.05) is 24.2 Å². The highest BCUT2D eigenvalue weighted by molar-refractivity contribution is 5.92. The molecular weight excluding hydrogens is 192 g/mol. The molecule has 1 N–H and O–H groups in total. The molecule has 0 aromatic heterocycles. The van der Waals surface area contributed by atoms with Gasteiger partial charge in [-0.15, -0.1) is 0 Å². The maximum Gasteiger partial charge on any atom is 0.230 e. The van der Waals surface area contributed by atoms with Crippen molar-refractivity contribution in [2.45, 2.75) is 13.3 Å². The smallest absolute Gasteiger partial charge is 0.230 e. The van der Waals surface area contributed by atoms with Crippen LogP contribution in [-0.4, -0.2) is 12.5 Å². The van der Waals surface area contributed by atoms with Gasteiger partial charge in [-0.2, -0.15) is 0 Å². The molecule has 0 saturated heterocycles. The molecule has 0 saturated carbocycles. The highest BCUT2D eigenvalue weighted by Crippen LogP contribution is 2.10. The molecule has 0 bridgehead atoms. The van der Waals surface area contributed by atoms with E-state index in [1.54, 1.807) is 6.07 Å². The zero-order valence-corrected chi connectivity index (χ0v) is 8.47. The molecule has 1 amide bonds. The molecule has 78 valence electrons. The number of amides is 1. The Morgan fingerprint density at radius 2 is 2.40 bits per heavy atom. The molecule has 0 unspecified atom stereocenters. The molecule has 0 aliphatic rings. The van der Waals surface area contributed by atoms with Crippen LogP contribution in [0.25, 0.3) is 10.4 Å². The van der Waals surface area contributed by atoms with Crippen molar-refractivity contribution in [3.63, 3.8) is 0 Å². The Hall–Kier alpha value is -2.00. The minimum Gasteiger partial charge on any atom is -0.326 e. The molecule has 1 rings (SSSR count). The monoisotopic (exact) mass is 204 g/mol. The number of carbonyl (C=O) groups is 1. The summed E-state index contributed by atoms with van der Waals surface area (Å²) >= 11 is 0.